The van der Waals surface area contributed by atoms with Gasteiger partial charge in [-0.25, -0.2) is 0 Å². The number of hydrogen-bond donors (Lipinski definition) is 0. The Morgan fingerprint density at radius 2 is 1.78 bits per heavy atom. The summed E-state index contributed by atoms with van der Waals surface area (Å²) in [6, 6.07) is 10.3. The van der Waals surface area contributed by atoms with Crippen molar-refractivity contribution in [2.75, 3.05) is 0 Å². The van der Waals surface area contributed by atoms with Crippen LogP contribution >= 0.6 is 0 Å². The molecule has 0 aliphatic heterocycles. The molecule has 148 valence electrons. The molecule has 0 N–H and O–H groups in total. The van der Waals surface area contributed by atoms with Gasteiger partial charge in [0.2, 0.25) is 0 Å². The molecule has 2 aliphatic carbocycles. The number of allylic oxidation sites excluding steroid dienone is 2. The van der Waals surface area contributed by atoms with Crippen molar-refractivity contribution in [1.82, 2.24) is 0 Å². The number of fused-ring (bicyclic) bond motifs is 1. The first kappa shape index (κ1) is 20.9. The molecule has 1 saturated carbocycles. The summed E-state index contributed by atoms with van der Waals surface area (Å²) in [4.78, 5) is 13.1. The zero-order valence-electron chi connectivity index (χ0n) is 17.5. The van der Waals surface area contributed by atoms with Crippen molar-refractivity contribution in [2.24, 2.45) is 11.8 Å². The Labute approximate surface area is 172 Å². The number of benzene rings is 1. The average Bonchev–Trinajstić information content (AvgIpc) is 2.61. The van der Waals surface area contributed by atoms with Gasteiger partial charge in [-0.05, 0) is 0 Å². The standard InChI is InChI=1S/C23H34O2SeSi/c1-23(2,3)27(4,5)25-21-16-15-20(18-13-9-10-14-19(18)21)22(24)26-17-11-7-6-8-12-17/h6-8,11-12,18,20H,9-10,13-16H2,1-5H3/t18-,20-/m1/s1. The van der Waals surface area contributed by atoms with Gasteiger partial charge in [0.05, 0.1) is 0 Å². The average molecular weight is 450 g/mol. The Morgan fingerprint density at radius 1 is 1.07 bits per heavy atom. The Balaban J connectivity index is 1.80. The quantitative estimate of drug-likeness (QED) is 0.561. The monoisotopic (exact) mass is 450 g/mol. The summed E-state index contributed by atoms with van der Waals surface area (Å²) < 4.78 is 8.47. The van der Waals surface area contributed by atoms with Crippen molar-refractivity contribution in [3.8, 4) is 0 Å². The van der Waals surface area contributed by atoms with Gasteiger partial charge in [-0.15, -0.1) is 0 Å². The first-order valence-corrected chi connectivity index (χ1v) is 15.0. The Kier molecular flexibility index (Phi) is 6.40. The van der Waals surface area contributed by atoms with Gasteiger partial charge in [-0.2, -0.15) is 0 Å². The molecule has 2 aliphatic rings. The molecule has 0 saturated heterocycles. The topological polar surface area (TPSA) is 26.3 Å². The molecule has 0 aromatic heterocycles. The SMILES string of the molecule is CC(C)(C)[Si](C)(C)OC1=C2CCCC[C@H]2[C@H](C(=O)[Se]c2ccccc2)CC1. The summed E-state index contributed by atoms with van der Waals surface area (Å²) >= 11 is -0.0632. The first-order valence-electron chi connectivity index (χ1n) is 10.4. The van der Waals surface area contributed by atoms with Crippen molar-refractivity contribution in [2.45, 2.75) is 77.4 Å². The second kappa shape index (κ2) is 8.27. The van der Waals surface area contributed by atoms with Gasteiger partial charge < -0.3 is 0 Å². The van der Waals surface area contributed by atoms with Crippen LogP contribution in [0.2, 0.25) is 18.1 Å². The molecule has 3 rings (SSSR count). The summed E-state index contributed by atoms with van der Waals surface area (Å²) in [5.41, 5.74) is 1.50. The van der Waals surface area contributed by atoms with Crippen LogP contribution in [0.25, 0.3) is 0 Å². The second-order valence-corrected chi connectivity index (χ2v) is 16.5. The van der Waals surface area contributed by atoms with E-state index < -0.39 is 8.32 Å². The van der Waals surface area contributed by atoms with E-state index in [1.807, 2.05) is 18.2 Å². The molecule has 0 radical (unpaired) electrons. The predicted octanol–water partition coefficient (Wildman–Crippen LogP) is 5.42. The Morgan fingerprint density at radius 3 is 2.44 bits per heavy atom. The van der Waals surface area contributed by atoms with E-state index in [1.54, 1.807) is 0 Å². The fourth-order valence-corrected chi connectivity index (χ4v) is 7.19. The minimum atomic E-state index is -1.82. The molecule has 0 spiro atoms. The second-order valence-electron chi connectivity index (χ2n) is 9.54. The minimum absolute atomic E-state index is 0.0632. The van der Waals surface area contributed by atoms with Crippen LogP contribution in [-0.2, 0) is 9.22 Å². The first-order chi connectivity index (χ1) is 12.7. The Bertz CT molecular complexity index is 703. The molecular formula is C23H34O2SeSi. The maximum absolute atomic E-state index is 13.1. The van der Waals surface area contributed by atoms with Crippen LogP contribution in [0.4, 0.5) is 0 Å². The van der Waals surface area contributed by atoms with Crippen molar-refractivity contribution in [3.05, 3.63) is 41.7 Å². The number of carbonyl (C=O) groups excluding carboxylic acids is 1. The zero-order valence-corrected chi connectivity index (χ0v) is 20.2. The van der Waals surface area contributed by atoms with Crippen molar-refractivity contribution in [1.29, 1.82) is 0 Å². The molecule has 2 nitrogen and oxygen atoms in total. The number of carbonyl (C=O) groups is 1. The van der Waals surface area contributed by atoms with Gasteiger partial charge in [0.25, 0.3) is 0 Å². The summed E-state index contributed by atoms with van der Waals surface area (Å²) in [7, 11) is -1.82. The fraction of sp³-hybridized carbons (Fsp3) is 0.609. The van der Waals surface area contributed by atoms with Crippen LogP contribution < -0.4 is 4.46 Å². The third-order valence-corrected chi connectivity index (χ3v) is 13.1. The molecule has 1 aromatic carbocycles. The maximum atomic E-state index is 13.1. The molecule has 0 heterocycles. The Hall–Kier alpha value is -0.834. The summed E-state index contributed by atoms with van der Waals surface area (Å²) in [6.07, 6.45) is 6.74. The summed E-state index contributed by atoms with van der Waals surface area (Å²) in [5.74, 6) is 1.92. The third-order valence-electron chi connectivity index (χ3n) is 6.63. The molecule has 2 atom stereocenters. The van der Waals surface area contributed by atoms with Gasteiger partial charge in [0, 0.05) is 0 Å². The molecule has 0 bridgehead atoms. The van der Waals surface area contributed by atoms with Crippen LogP contribution in [0.3, 0.4) is 0 Å². The van der Waals surface area contributed by atoms with E-state index in [1.165, 1.54) is 35.1 Å². The number of hydrogen-bond acceptors (Lipinski definition) is 2. The van der Waals surface area contributed by atoms with E-state index in [4.69, 9.17) is 4.43 Å². The molecule has 27 heavy (non-hydrogen) atoms. The summed E-state index contributed by atoms with van der Waals surface area (Å²) in [6.45, 7) is 11.6. The van der Waals surface area contributed by atoms with Crippen LogP contribution in [-0.4, -0.2) is 28.0 Å². The van der Waals surface area contributed by atoms with Gasteiger partial charge in [-0.1, -0.05) is 0 Å². The van der Waals surface area contributed by atoms with Gasteiger partial charge in [-0.3, -0.25) is 0 Å². The van der Waals surface area contributed by atoms with Crippen LogP contribution in [0.5, 0.6) is 0 Å². The van der Waals surface area contributed by atoms with Crippen LogP contribution in [0.1, 0.15) is 59.3 Å². The van der Waals surface area contributed by atoms with E-state index in [-0.39, 0.29) is 25.9 Å². The van der Waals surface area contributed by atoms with E-state index >= 15 is 0 Å². The van der Waals surface area contributed by atoms with E-state index in [9.17, 15) is 4.79 Å². The van der Waals surface area contributed by atoms with Gasteiger partial charge >= 0.3 is 173 Å². The third kappa shape index (κ3) is 4.78. The molecule has 1 aromatic rings. The number of rotatable bonds is 5. The van der Waals surface area contributed by atoms with Crippen molar-refractivity contribution >= 4 is 32.4 Å². The molecule has 1 fully saturated rings. The fourth-order valence-electron chi connectivity index (χ4n) is 4.02. The molecular weight excluding hydrogens is 415 g/mol. The van der Waals surface area contributed by atoms with Crippen molar-refractivity contribution in [3.63, 3.8) is 0 Å². The van der Waals surface area contributed by atoms with Crippen LogP contribution in [0.15, 0.2) is 41.7 Å². The van der Waals surface area contributed by atoms with Gasteiger partial charge in [0.1, 0.15) is 0 Å². The summed E-state index contributed by atoms with van der Waals surface area (Å²) in [5, 5.41) is 0.216. The van der Waals surface area contributed by atoms with E-state index in [0.717, 1.165) is 19.3 Å². The van der Waals surface area contributed by atoms with Crippen molar-refractivity contribution < 1.29 is 9.22 Å². The van der Waals surface area contributed by atoms with Crippen LogP contribution in [0, 0.1) is 11.8 Å². The van der Waals surface area contributed by atoms with E-state index in [0.29, 0.717) is 10.6 Å². The predicted molar refractivity (Wildman–Crippen MR) is 117 cm³/mol. The molecule has 4 heteroatoms. The normalized spacial score (nSPS) is 23.7. The van der Waals surface area contributed by atoms with Gasteiger partial charge in [0.15, 0.2) is 0 Å². The molecule has 0 amide bonds. The van der Waals surface area contributed by atoms with E-state index in [2.05, 4.69) is 46.0 Å². The zero-order chi connectivity index (χ0) is 19.7. The molecule has 0 unspecified atom stereocenters.